The van der Waals surface area contributed by atoms with Crippen LogP contribution in [0.3, 0.4) is 0 Å². The number of imidazole rings is 1. The van der Waals surface area contributed by atoms with E-state index in [0.717, 1.165) is 36.1 Å². The van der Waals surface area contributed by atoms with E-state index in [2.05, 4.69) is 33.7 Å². The van der Waals surface area contributed by atoms with E-state index in [-0.39, 0.29) is 6.04 Å². The van der Waals surface area contributed by atoms with Gasteiger partial charge >= 0.3 is 0 Å². The Morgan fingerprint density at radius 2 is 2.05 bits per heavy atom. The van der Waals surface area contributed by atoms with Crippen LogP contribution in [0.2, 0.25) is 0 Å². The molecule has 0 radical (unpaired) electrons. The molecule has 1 aromatic carbocycles. The van der Waals surface area contributed by atoms with E-state index >= 15 is 0 Å². The van der Waals surface area contributed by atoms with Gasteiger partial charge in [0.05, 0.1) is 11.0 Å². The quantitative estimate of drug-likeness (QED) is 0.781. The van der Waals surface area contributed by atoms with Crippen molar-refractivity contribution in [2.24, 2.45) is 12.8 Å². The maximum absolute atomic E-state index is 6.27. The first-order valence-electron chi connectivity index (χ1n) is 7.29. The van der Waals surface area contributed by atoms with Crippen molar-refractivity contribution in [3.05, 3.63) is 60.2 Å². The van der Waals surface area contributed by atoms with E-state index in [4.69, 9.17) is 5.73 Å². The van der Waals surface area contributed by atoms with Gasteiger partial charge in [0.15, 0.2) is 0 Å². The van der Waals surface area contributed by atoms with Gasteiger partial charge in [-0.1, -0.05) is 18.2 Å². The molecule has 1 atom stereocenters. The number of benzene rings is 1. The molecular weight excluding hydrogens is 260 g/mol. The van der Waals surface area contributed by atoms with Gasteiger partial charge in [0, 0.05) is 31.9 Å². The average molecular weight is 280 g/mol. The Morgan fingerprint density at radius 1 is 1.19 bits per heavy atom. The zero-order valence-corrected chi connectivity index (χ0v) is 12.2. The molecule has 0 saturated heterocycles. The van der Waals surface area contributed by atoms with Crippen molar-refractivity contribution in [3.8, 4) is 0 Å². The normalized spacial score (nSPS) is 12.7. The van der Waals surface area contributed by atoms with E-state index in [1.165, 1.54) is 5.56 Å². The van der Waals surface area contributed by atoms with E-state index < -0.39 is 0 Å². The fourth-order valence-electron chi connectivity index (χ4n) is 2.61. The van der Waals surface area contributed by atoms with Crippen LogP contribution in [-0.2, 0) is 19.9 Å². The van der Waals surface area contributed by atoms with Crippen LogP contribution in [0.25, 0.3) is 11.0 Å². The van der Waals surface area contributed by atoms with Crippen LogP contribution in [0, 0.1) is 0 Å². The molecule has 21 heavy (non-hydrogen) atoms. The third-order valence-electron chi connectivity index (χ3n) is 3.85. The summed E-state index contributed by atoms with van der Waals surface area (Å²) in [5.41, 5.74) is 9.70. The standard InChI is InChI=1S/C17H20N4/c1-21-16-7-3-2-6-15(16)20-17(21)11-14(18)9-8-13-5-4-10-19-12-13/h2-7,10,12,14H,8-9,11,18H2,1H3. The van der Waals surface area contributed by atoms with Gasteiger partial charge < -0.3 is 10.3 Å². The first-order chi connectivity index (χ1) is 10.2. The lowest BCUT2D eigenvalue weighted by molar-refractivity contribution is 0.583. The van der Waals surface area contributed by atoms with Gasteiger partial charge in [-0.2, -0.15) is 0 Å². The monoisotopic (exact) mass is 280 g/mol. The molecule has 0 spiro atoms. The highest BCUT2D eigenvalue weighted by Gasteiger charge is 2.11. The van der Waals surface area contributed by atoms with Crippen molar-refractivity contribution >= 4 is 11.0 Å². The molecule has 0 bridgehead atoms. The molecule has 1 unspecified atom stereocenters. The predicted molar refractivity (Wildman–Crippen MR) is 85.0 cm³/mol. The van der Waals surface area contributed by atoms with Crippen LogP contribution in [-0.4, -0.2) is 20.6 Å². The minimum absolute atomic E-state index is 0.112. The number of aromatic nitrogens is 3. The molecule has 0 fully saturated rings. The third-order valence-corrected chi connectivity index (χ3v) is 3.85. The summed E-state index contributed by atoms with van der Waals surface area (Å²) in [7, 11) is 2.05. The number of aryl methyl sites for hydroxylation is 2. The lowest BCUT2D eigenvalue weighted by atomic mass is 10.0. The second-order valence-electron chi connectivity index (χ2n) is 5.44. The fourth-order valence-corrected chi connectivity index (χ4v) is 2.61. The molecule has 4 nitrogen and oxygen atoms in total. The van der Waals surface area contributed by atoms with E-state index in [0.29, 0.717) is 0 Å². The number of para-hydroxylation sites is 2. The average Bonchev–Trinajstić information content (AvgIpc) is 2.83. The van der Waals surface area contributed by atoms with Crippen molar-refractivity contribution in [1.29, 1.82) is 0 Å². The van der Waals surface area contributed by atoms with Gasteiger partial charge in [-0.3, -0.25) is 4.98 Å². The van der Waals surface area contributed by atoms with Gasteiger partial charge in [-0.15, -0.1) is 0 Å². The maximum atomic E-state index is 6.27. The molecule has 0 aliphatic rings. The minimum Gasteiger partial charge on any atom is -0.331 e. The molecule has 3 rings (SSSR count). The third kappa shape index (κ3) is 3.11. The molecule has 2 N–H and O–H groups in total. The Balaban J connectivity index is 1.66. The summed E-state index contributed by atoms with van der Waals surface area (Å²) in [6, 6.07) is 12.4. The zero-order chi connectivity index (χ0) is 14.7. The van der Waals surface area contributed by atoms with Crippen LogP contribution in [0.5, 0.6) is 0 Å². The number of fused-ring (bicyclic) bond motifs is 1. The van der Waals surface area contributed by atoms with Crippen LogP contribution >= 0.6 is 0 Å². The van der Waals surface area contributed by atoms with Gasteiger partial charge in [-0.05, 0) is 36.6 Å². The number of rotatable bonds is 5. The number of hydrogen-bond acceptors (Lipinski definition) is 3. The summed E-state index contributed by atoms with van der Waals surface area (Å²) >= 11 is 0. The number of nitrogens with two attached hydrogens (primary N) is 1. The molecule has 108 valence electrons. The lowest BCUT2D eigenvalue weighted by Crippen LogP contribution is -2.25. The molecule has 3 aromatic rings. The van der Waals surface area contributed by atoms with E-state index in [1.807, 2.05) is 30.5 Å². The minimum atomic E-state index is 0.112. The van der Waals surface area contributed by atoms with Crippen molar-refractivity contribution in [1.82, 2.24) is 14.5 Å². The van der Waals surface area contributed by atoms with E-state index in [1.54, 1.807) is 6.20 Å². The van der Waals surface area contributed by atoms with Crippen molar-refractivity contribution in [2.75, 3.05) is 0 Å². The maximum Gasteiger partial charge on any atom is 0.111 e. The molecule has 0 aliphatic carbocycles. The molecule has 4 heteroatoms. The van der Waals surface area contributed by atoms with Crippen molar-refractivity contribution in [3.63, 3.8) is 0 Å². The van der Waals surface area contributed by atoms with Gasteiger partial charge in [-0.25, -0.2) is 4.98 Å². The Kier molecular flexibility index (Phi) is 3.97. The molecule has 0 aliphatic heterocycles. The Morgan fingerprint density at radius 3 is 2.81 bits per heavy atom. The predicted octanol–water partition coefficient (Wildman–Crippen LogP) is 2.47. The Labute approximate surface area is 124 Å². The Bertz CT molecular complexity index is 718. The fraction of sp³-hybridized carbons (Fsp3) is 0.294. The van der Waals surface area contributed by atoms with Crippen LogP contribution in [0.1, 0.15) is 17.8 Å². The largest absolute Gasteiger partial charge is 0.331 e. The van der Waals surface area contributed by atoms with Crippen LogP contribution in [0.4, 0.5) is 0 Å². The highest BCUT2D eigenvalue weighted by atomic mass is 15.1. The van der Waals surface area contributed by atoms with Gasteiger partial charge in [0.1, 0.15) is 5.82 Å². The Hall–Kier alpha value is -2.20. The first-order valence-corrected chi connectivity index (χ1v) is 7.29. The second kappa shape index (κ2) is 6.06. The van der Waals surface area contributed by atoms with Crippen molar-refractivity contribution in [2.45, 2.75) is 25.3 Å². The molecule has 2 heterocycles. The van der Waals surface area contributed by atoms with Crippen LogP contribution < -0.4 is 5.73 Å². The summed E-state index contributed by atoms with van der Waals surface area (Å²) in [6.07, 6.45) is 6.39. The molecule has 0 amide bonds. The van der Waals surface area contributed by atoms with Gasteiger partial charge in [0.2, 0.25) is 0 Å². The number of hydrogen-bond donors (Lipinski definition) is 1. The molecular formula is C17H20N4. The molecule has 2 aromatic heterocycles. The lowest BCUT2D eigenvalue weighted by Gasteiger charge is -2.11. The highest BCUT2D eigenvalue weighted by Crippen LogP contribution is 2.16. The summed E-state index contributed by atoms with van der Waals surface area (Å²) in [4.78, 5) is 8.81. The first kappa shape index (κ1) is 13.8. The summed E-state index contributed by atoms with van der Waals surface area (Å²) in [5.74, 6) is 1.05. The smallest absolute Gasteiger partial charge is 0.111 e. The second-order valence-corrected chi connectivity index (χ2v) is 5.44. The molecule has 0 saturated carbocycles. The topological polar surface area (TPSA) is 56.7 Å². The SMILES string of the molecule is Cn1c(CC(N)CCc2cccnc2)nc2ccccc21. The summed E-state index contributed by atoms with van der Waals surface area (Å²) in [6.45, 7) is 0. The van der Waals surface area contributed by atoms with Crippen LogP contribution in [0.15, 0.2) is 48.8 Å². The van der Waals surface area contributed by atoms with E-state index in [9.17, 15) is 0 Å². The zero-order valence-electron chi connectivity index (χ0n) is 12.2. The summed E-state index contributed by atoms with van der Waals surface area (Å²) in [5, 5.41) is 0. The summed E-state index contributed by atoms with van der Waals surface area (Å²) < 4.78 is 2.14. The number of nitrogens with zero attached hydrogens (tertiary/aromatic N) is 3. The number of pyridine rings is 1. The van der Waals surface area contributed by atoms with Gasteiger partial charge in [0.25, 0.3) is 0 Å². The van der Waals surface area contributed by atoms with Crippen molar-refractivity contribution < 1.29 is 0 Å². The highest BCUT2D eigenvalue weighted by molar-refractivity contribution is 5.75.